The predicted octanol–water partition coefficient (Wildman–Crippen LogP) is 2.91. The molecule has 2 N–H and O–H groups in total. The molecule has 0 aliphatic heterocycles. The lowest BCUT2D eigenvalue weighted by Gasteiger charge is -2.08. The number of esters is 1. The second-order valence-corrected chi connectivity index (χ2v) is 5.91. The van der Waals surface area contributed by atoms with Crippen LogP contribution in [0.2, 0.25) is 0 Å². The van der Waals surface area contributed by atoms with Gasteiger partial charge in [-0.05, 0) is 31.0 Å². The SMILES string of the molecule is CCCCOc1c[nH]c(C(=O)Nc2ccc(CC(=O)OCC)cc2)cc1=O. The maximum Gasteiger partial charge on any atom is 0.310 e. The van der Waals surface area contributed by atoms with Crippen molar-refractivity contribution in [3.8, 4) is 5.75 Å². The fraction of sp³-hybridized carbons (Fsp3) is 0.350. The molecule has 1 aromatic carbocycles. The lowest BCUT2D eigenvalue weighted by Crippen LogP contribution is -2.18. The number of anilines is 1. The van der Waals surface area contributed by atoms with Crippen LogP contribution in [0.1, 0.15) is 42.7 Å². The van der Waals surface area contributed by atoms with Crippen molar-refractivity contribution in [2.45, 2.75) is 33.1 Å². The van der Waals surface area contributed by atoms with Crippen LogP contribution < -0.4 is 15.5 Å². The molecular formula is C20H24N2O5. The number of carbonyl (C=O) groups is 2. The average Bonchev–Trinajstić information content (AvgIpc) is 2.65. The molecule has 0 saturated carbocycles. The Bertz CT molecular complexity index is 827. The molecule has 1 aromatic heterocycles. The maximum absolute atomic E-state index is 12.3. The number of H-pyrrole nitrogens is 1. The van der Waals surface area contributed by atoms with Gasteiger partial charge in [0.05, 0.1) is 19.6 Å². The number of hydrogen-bond acceptors (Lipinski definition) is 5. The van der Waals surface area contributed by atoms with Crippen LogP contribution in [-0.4, -0.2) is 30.1 Å². The summed E-state index contributed by atoms with van der Waals surface area (Å²) in [6.07, 6.45) is 3.40. The molecule has 144 valence electrons. The van der Waals surface area contributed by atoms with Crippen LogP contribution in [0.25, 0.3) is 0 Å². The van der Waals surface area contributed by atoms with Crippen molar-refractivity contribution in [2.24, 2.45) is 0 Å². The number of aromatic amines is 1. The molecule has 0 spiro atoms. The van der Waals surface area contributed by atoms with E-state index in [0.717, 1.165) is 18.4 Å². The summed E-state index contributed by atoms with van der Waals surface area (Å²) in [6, 6.07) is 8.06. The molecule has 0 saturated heterocycles. The normalized spacial score (nSPS) is 10.3. The van der Waals surface area contributed by atoms with E-state index in [1.54, 1.807) is 31.2 Å². The lowest BCUT2D eigenvalue weighted by atomic mass is 10.1. The van der Waals surface area contributed by atoms with Crippen LogP contribution in [0.3, 0.4) is 0 Å². The van der Waals surface area contributed by atoms with Gasteiger partial charge in [0.15, 0.2) is 5.75 Å². The first-order chi connectivity index (χ1) is 13.0. The van der Waals surface area contributed by atoms with Crippen LogP contribution in [-0.2, 0) is 16.0 Å². The summed E-state index contributed by atoms with van der Waals surface area (Å²) < 4.78 is 10.3. The molecule has 1 heterocycles. The fourth-order valence-corrected chi connectivity index (χ4v) is 2.31. The standard InChI is InChI=1S/C20H24N2O5/c1-3-5-10-27-18-13-21-16(12-17(18)23)20(25)22-15-8-6-14(7-9-15)11-19(24)26-4-2/h6-9,12-13H,3-5,10-11H2,1-2H3,(H,21,23)(H,22,25). The quantitative estimate of drug-likeness (QED) is 0.521. The van der Waals surface area contributed by atoms with Gasteiger partial charge in [-0.3, -0.25) is 14.4 Å². The topological polar surface area (TPSA) is 97.5 Å². The van der Waals surface area contributed by atoms with E-state index in [0.29, 0.717) is 18.9 Å². The van der Waals surface area contributed by atoms with E-state index in [1.165, 1.54) is 12.3 Å². The smallest absolute Gasteiger partial charge is 0.310 e. The highest BCUT2D eigenvalue weighted by atomic mass is 16.5. The van der Waals surface area contributed by atoms with Crippen molar-refractivity contribution in [2.75, 3.05) is 18.5 Å². The van der Waals surface area contributed by atoms with Gasteiger partial charge in [-0.2, -0.15) is 0 Å². The molecule has 7 nitrogen and oxygen atoms in total. The molecule has 27 heavy (non-hydrogen) atoms. The highest BCUT2D eigenvalue weighted by Crippen LogP contribution is 2.12. The largest absolute Gasteiger partial charge is 0.488 e. The molecule has 0 bridgehead atoms. The second-order valence-electron chi connectivity index (χ2n) is 5.91. The van der Waals surface area contributed by atoms with Crippen molar-refractivity contribution >= 4 is 17.6 Å². The monoisotopic (exact) mass is 372 g/mol. The Kier molecular flexibility index (Phi) is 7.61. The van der Waals surface area contributed by atoms with Crippen LogP contribution in [0.4, 0.5) is 5.69 Å². The molecule has 0 aliphatic rings. The summed E-state index contributed by atoms with van der Waals surface area (Å²) in [6.45, 7) is 4.59. The number of nitrogens with one attached hydrogen (secondary N) is 2. The minimum atomic E-state index is -0.439. The van der Waals surface area contributed by atoms with Crippen LogP contribution in [0.15, 0.2) is 41.3 Å². The lowest BCUT2D eigenvalue weighted by molar-refractivity contribution is -0.142. The molecule has 2 rings (SSSR count). The summed E-state index contributed by atoms with van der Waals surface area (Å²) >= 11 is 0. The molecule has 0 atom stereocenters. The number of hydrogen-bond donors (Lipinski definition) is 2. The number of amides is 1. The van der Waals surface area contributed by atoms with Gasteiger partial charge in [-0.15, -0.1) is 0 Å². The van der Waals surface area contributed by atoms with Gasteiger partial charge < -0.3 is 19.8 Å². The first-order valence-electron chi connectivity index (χ1n) is 8.95. The Morgan fingerprint density at radius 1 is 1.15 bits per heavy atom. The Labute approximate surface area is 157 Å². The summed E-state index contributed by atoms with van der Waals surface area (Å²) in [5.41, 5.74) is 1.13. The van der Waals surface area contributed by atoms with Crippen molar-refractivity contribution in [3.05, 3.63) is 58.0 Å². The van der Waals surface area contributed by atoms with Crippen molar-refractivity contribution in [3.63, 3.8) is 0 Å². The third-order valence-electron chi connectivity index (χ3n) is 3.74. The van der Waals surface area contributed by atoms with Gasteiger partial charge in [0, 0.05) is 18.0 Å². The Hall–Kier alpha value is -3.09. The third-order valence-corrected chi connectivity index (χ3v) is 3.74. The summed E-state index contributed by atoms with van der Waals surface area (Å²) in [5.74, 6) is -0.540. The van der Waals surface area contributed by atoms with Gasteiger partial charge in [-0.1, -0.05) is 25.5 Å². The van der Waals surface area contributed by atoms with E-state index in [2.05, 4.69) is 10.3 Å². The number of aromatic nitrogens is 1. The number of pyridine rings is 1. The minimum Gasteiger partial charge on any atom is -0.488 e. The van der Waals surface area contributed by atoms with Gasteiger partial charge in [0.25, 0.3) is 5.91 Å². The van der Waals surface area contributed by atoms with Crippen molar-refractivity contribution < 1.29 is 19.1 Å². The Balaban J connectivity index is 1.97. The zero-order valence-corrected chi connectivity index (χ0v) is 15.5. The van der Waals surface area contributed by atoms with Crippen molar-refractivity contribution in [1.82, 2.24) is 4.98 Å². The van der Waals surface area contributed by atoms with E-state index in [-0.39, 0.29) is 29.3 Å². The van der Waals surface area contributed by atoms with Crippen molar-refractivity contribution in [1.29, 1.82) is 0 Å². The highest BCUT2D eigenvalue weighted by molar-refractivity contribution is 6.02. The molecule has 7 heteroatoms. The summed E-state index contributed by atoms with van der Waals surface area (Å²) in [4.78, 5) is 38.6. The molecule has 0 fully saturated rings. The molecule has 0 aliphatic carbocycles. The molecule has 0 unspecified atom stereocenters. The Morgan fingerprint density at radius 2 is 1.89 bits per heavy atom. The number of benzene rings is 1. The third kappa shape index (κ3) is 6.29. The number of rotatable bonds is 9. The van der Waals surface area contributed by atoms with Gasteiger partial charge in [0.2, 0.25) is 5.43 Å². The van der Waals surface area contributed by atoms with E-state index >= 15 is 0 Å². The number of ether oxygens (including phenoxy) is 2. The molecule has 0 radical (unpaired) electrons. The second kappa shape index (κ2) is 10.2. The average molecular weight is 372 g/mol. The van der Waals surface area contributed by atoms with E-state index in [9.17, 15) is 14.4 Å². The molecule has 1 amide bonds. The first-order valence-corrected chi connectivity index (χ1v) is 8.95. The van der Waals surface area contributed by atoms with E-state index in [1.807, 2.05) is 6.92 Å². The fourth-order valence-electron chi connectivity index (χ4n) is 2.31. The van der Waals surface area contributed by atoms with Gasteiger partial charge in [0.1, 0.15) is 5.69 Å². The van der Waals surface area contributed by atoms with Crippen LogP contribution in [0.5, 0.6) is 5.75 Å². The zero-order valence-electron chi connectivity index (χ0n) is 15.5. The van der Waals surface area contributed by atoms with Crippen LogP contribution in [0, 0.1) is 0 Å². The number of carbonyl (C=O) groups excluding carboxylic acids is 2. The zero-order chi connectivity index (χ0) is 19.6. The first kappa shape index (κ1) is 20.2. The van der Waals surface area contributed by atoms with E-state index in [4.69, 9.17) is 9.47 Å². The van der Waals surface area contributed by atoms with Crippen LogP contribution >= 0.6 is 0 Å². The Morgan fingerprint density at radius 3 is 2.52 bits per heavy atom. The van der Waals surface area contributed by atoms with Gasteiger partial charge >= 0.3 is 5.97 Å². The summed E-state index contributed by atoms with van der Waals surface area (Å²) in [5, 5.41) is 2.70. The molecular weight excluding hydrogens is 348 g/mol. The molecule has 2 aromatic rings. The maximum atomic E-state index is 12.3. The number of unbranched alkanes of at least 4 members (excludes halogenated alkanes) is 1. The summed E-state index contributed by atoms with van der Waals surface area (Å²) in [7, 11) is 0. The van der Waals surface area contributed by atoms with Gasteiger partial charge in [-0.25, -0.2) is 0 Å². The highest BCUT2D eigenvalue weighted by Gasteiger charge is 2.10. The predicted molar refractivity (Wildman–Crippen MR) is 102 cm³/mol. The van der Waals surface area contributed by atoms with E-state index < -0.39 is 5.91 Å². The minimum absolute atomic E-state index is 0.137.